The molecule has 0 unspecified atom stereocenters. The molecule has 1 aromatic heterocycles. The lowest BCUT2D eigenvalue weighted by Crippen LogP contribution is -2.12. The number of hydrogen-bond donors (Lipinski definition) is 1. The van der Waals surface area contributed by atoms with E-state index in [2.05, 4.69) is 53.5 Å². The molecule has 104 valence electrons. The van der Waals surface area contributed by atoms with Gasteiger partial charge in [-0.05, 0) is 23.3 Å². The van der Waals surface area contributed by atoms with Crippen LogP contribution in [-0.4, -0.2) is 10.9 Å². The maximum absolute atomic E-state index is 10.4. The third-order valence-electron chi connectivity index (χ3n) is 2.80. The molecule has 3 heteroatoms. The molecule has 1 amide bonds. The van der Waals surface area contributed by atoms with E-state index in [1.807, 2.05) is 12.1 Å². The van der Waals surface area contributed by atoms with Crippen molar-refractivity contribution < 1.29 is 4.79 Å². The van der Waals surface area contributed by atoms with Gasteiger partial charge in [-0.25, -0.2) is 0 Å². The molecule has 3 rings (SSSR count). The fourth-order valence-corrected chi connectivity index (χ4v) is 1.77. The molecule has 0 fully saturated rings. The van der Waals surface area contributed by atoms with E-state index in [9.17, 15) is 4.79 Å². The molecule has 0 spiro atoms. The average molecular weight is 276 g/mol. The number of rotatable bonds is 2. The number of hydrogen-bond acceptors (Lipinski definition) is 2. The summed E-state index contributed by atoms with van der Waals surface area (Å²) in [4.78, 5) is 14.1. The number of nitrogens with two attached hydrogens (primary N) is 1. The van der Waals surface area contributed by atoms with Crippen LogP contribution in [0.15, 0.2) is 85.1 Å². The predicted molar refractivity (Wildman–Crippen MR) is 84.6 cm³/mol. The minimum atomic E-state index is -0.490. The zero-order valence-corrected chi connectivity index (χ0v) is 11.5. The van der Waals surface area contributed by atoms with E-state index in [0.717, 1.165) is 0 Å². The second kappa shape index (κ2) is 7.60. The van der Waals surface area contributed by atoms with E-state index in [1.54, 1.807) is 18.2 Å². The quantitative estimate of drug-likeness (QED) is 0.778. The number of pyridine rings is 1. The molecule has 0 bridgehead atoms. The average Bonchev–Trinajstić information content (AvgIpc) is 2.58. The summed E-state index contributed by atoms with van der Waals surface area (Å²) >= 11 is 0. The second-order valence-electron chi connectivity index (χ2n) is 4.31. The standard InChI is InChI=1S/C12H10.C6H6N2O/c1-3-7-11(8-4-1)12-9-5-2-6-10-12;7-6(9)5-3-1-2-4-8-5/h1-10H;1-4H,(H2,7,9). The largest absolute Gasteiger partial charge is 0.364 e. The Morgan fingerprint density at radius 2 is 1.19 bits per heavy atom. The minimum absolute atomic E-state index is 0.303. The van der Waals surface area contributed by atoms with Gasteiger partial charge in [0.2, 0.25) is 0 Å². The molecule has 0 saturated heterocycles. The van der Waals surface area contributed by atoms with Crippen molar-refractivity contribution in [2.75, 3.05) is 0 Å². The number of amides is 1. The van der Waals surface area contributed by atoms with Gasteiger partial charge in [0, 0.05) is 6.20 Å². The van der Waals surface area contributed by atoms with E-state index < -0.39 is 5.91 Å². The molecule has 0 atom stereocenters. The van der Waals surface area contributed by atoms with Crippen molar-refractivity contribution in [3.63, 3.8) is 0 Å². The van der Waals surface area contributed by atoms with Crippen molar-refractivity contribution in [1.29, 1.82) is 0 Å². The van der Waals surface area contributed by atoms with Gasteiger partial charge in [0.1, 0.15) is 5.69 Å². The molecule has 2 N–H and O–H groups in total. The summed E-state index contributed by atoms with van der Waals surface area (Å²) in [5.74, 6) is -0.490. The highest BCUT2D eigenvalue weighted by molar-refractivity contribution is 5.90. The van der Waals surface area contributed by atoms with Gasteiger partial charge < -0.3 is 5.73 Å². The van der Waals surface area contributed by atoms with Crippen LogP contribution >= 0.6 is 0 Å². The number of benzene rings is 2. The summed E-state index contributed by atoms with van der Waals surface area (Å²) in [7, 11) is 0. The summed E-state index contributed by atoms with van der Waals surface area (Å²) in [5, 5.41) is 0. The van der Waals surface area contributed by atoms with E-state index in [4.69, 9.17) is 5.73 Å². The summed E-state index contributed by atoms with van der Waals surface area (Å²) in [6.45, 7) is 0. The Hall–Kier alpha value is -2.94. The van der Waals surface area contributed by atoms with Crippen LogP contribution in [-0.2, 0) is 0 Å². The lowest BCUT2D eigenvalue weighted by Gasteiger charge is -1.98. The van der Waals surface area contributed by atoms with Crippen molar-refractivity contribution in [1.82, 2.24) is 4.98 Å². The van der Waals surface area contributed by atoms with Gasteiger partial charge in [-0.15, -0.1) is 0 Å². The predicted octanol–water partition coefficient (Wildman–Crippen LogP) is 3.53. The molecule has 3 nitrogen and oxygen atoms in total. The van der Waals surface area contributed by atoms with Gasteiger partial charge in [0.25, 0.3) is 5.91 Å². The molecule has 0 aliphatic heterocycles. The van der Waals surface area contributed by atoms with Crippen molar-refractivity contribution in [3.05, 3.63) is 90.8 Å². The zero-order chi connectivity index (χ0) is 14.9. The maximum atomic E-state index is 10.4. The maximum Gasteiger partial charge on any atom is 0.267 e. The number of carbonyl (C=O) groups is 1. The Labute approximate surface area is 124 Å². The van der Waals surface area contributed by atoms with Crippen LogP contribution in [0.25, 0.3) is 11.1 Å². The molecule has 0 saturated carbocycles. The summed E-state index contributed by atoms with van der Waals surface area (Å²) in [6.07, 6.45) is 1.53. The first-order chi connectivity index (χ1) is 10.3. The molecular formula is C18H16N2O. The Balaban J connectivity index is 0.000000161. The molecule has 0 aliphatic rings. The van der Waals surface area contributed by atoms with Gasteiger partial charge in [0.15, 0.2) is 0 Å². The van der Waals surface area contributed by atoms with Crippen LogP contribution in [0.2, 0.25) is 0 Å². The molecule has 1 heterocycles. The number of nitrogens with zero attached hydrogens (tertiary/aromatic N) is 1. The van der Waals surface area contributed by atoms with E-state index in [1.165, 1.54) is 17.3 Å². The first-order valence-electron chi connectivity index (χ1n) is 6.58. The Bertz CT molecular complexity index is 630. The molecule has 2 aromatic carbocycles. The molecule has 0 aliphatic carbocycles. The van der Waals surface area contributed by atoms with E-state index >= 15 is 0 Å². The fourth-order valence-electron chi connectivity index (χ4n) is 1.77. The Kier molecular flexibility index (Phi) is 5.24. The van der Waals surface area contributed by atoms with Gasteiger partial charge >= 0.3 is 0 Å². The fraction of sp³-hybridized carbons (Fsp3) is 0. The molecule has 3 aromatic rings. The van der Waals surface area contributed by atoms with Crippen molar-refractivity contribution in [2.24, 2.45) is 5.73 Å². The second-order valence-corrected chi connectivity index (χ2v) is 4.31. The Morgan fingerprint density at radius 1 is 0.714 bits per heavy atom. The normalized spacial score (nSPS) is 9.33. The molecule has 0 radical (unpaired) electrons. The highest BCUT2D eigenvalue weighted by Crippen LogP contribution is 2.17. The topological polar surface area (TPSA) is 56.0 Å². The van der Waals surface area contributed by atoms with Crippen LogP contribution < -0.4 is 5.73 Å². The third-order valence-corrected chi connectivity index (χ3v) is 2.80. The van der Waals surface area contributed by atoms with Gasteiger partial charge in [-0.3, -0.25) is 9.78 Å². The van der Waals surface area contributed by atoms with Crippen LogP contribution in [0.3, 0.4) is 0 Å². The highest BCUT2D eigenvalue weighted by Gasteiger charge is 1.96. The number of carbonyl (C=O) groups excluding carboxylic acids is 1. The smallest absolute Gasteiger partial charge is 0.267 e. The Morgan fingerprint density at radius 3 is 1.52 bits per heavy atom. The van der Waals surface area contributed by atoms with Crippen LogP contribution in [0.4, 0.5) is 0 Å². The van der Waals surface area contributed by atoms with Crippen molar-refractivity contribution in [2.45, 2.75) is 0 Å². The third kappa shape index (κ3) is 4.58. The first-order valence-corrected chi connectivity index (χ1v) is 6.58. The van der Waals surface area contributed by atoms with Crippen LogP contribution in [0.1, 0.15) is 10.5 Å². The van der Waals surface area contributed by atoms with Gasteiger partial charge in [0.05, 0.1) is 0 Å². The minimum Gasteiger partial charge on any atom is -0.364 e. The van der Waals surface area contributed by atoms with Crippen molar-refractivity contribution >= 4 is 5.91 Å². The number of aromatic nitrogens is 1. The molecule has 21 heavy (non-hydrogen) atoms. The SMILES string of the molecule is NC(=O)c1ccccn1.c1ccc(-c2ccccc2)cc1. The van der Waals surface area contributed by atoms with Crippen LogP contribution in [0, 0.1) is 0 Å². The lowest BCUT2D eigenvalue weighted by molar-refractivity contribution is 0.0995. The summed E-state index contributed by atoms with van der Waals surface area (Å²) in [5.41, 5.74) is 7.77. The van der Waals surface area contributed by atoms with Gasteiger partial charge in [-0.1, -0.05) is 66.7 Å². The summed E-state index contributed by atoms with van der Waals surface area (Å²) < 4.78 is 0. The first kappa shape index (κ1) is 14.5. The highest BCUT2D eigenvalue weighted by atomic mass is 16.1. The number of primary amides is 1. The van der Waals surface area contributed by atoms with E-state index in [0.29, 0.717) is 5.69 Å². The summed E-state index contributed by atoms with van der Waals surface area (Å²) in [6, 6.07) is 25.8. The van der Waals surface area contributed by atoms with E-state index in [-0.39, 0.29) is 0 Å². The van der Waals surface area contributed by atoms with Crippen molar-refractivity contribution in [3.8, 4) is 11.1 Å². The zero-order valence-electron chi connectivity index (χ0n) is 11.5. The van der Waals surface area contributed by atoms with Crippen LogP contribution in [0.5, 0.6) is 0 Å². The van der Waals surface area contributed by atoms with Gasteiger partial charge in [-0.2, -0.15) is 0 Å². The molecular weight excluding hydrogens is 260 g/mol. The lowest BCUT2D eigenvalue weighted by atomic mass is 10.1. The monoisotopic (exact) mass is 276 g/mol.